The largest absolute Gasteiger partial charge is 0.478 e. The van der Waals surface area contributed by atoms with Crippen LogP contribution in [0, 0.1) is 0 Å². The molecule has 0 bridgehead atoms. The molecule has 3 N–H and O–H groups in total. The van der Waals surface area contributed by atoms with E-state index in [4.69, 9.17) is 5.11 Å². The minimum absolute atomic E-state index is 0.0561. The molecule has 7 heteroatoms. The third kappa shape index (κ3) is 4.20. The number of nitrogens with one attached hydrogen (secondary N) is 2. The molecule has 1 aromatic rings. The molecule has 0 saturated carbocycles. The van der Waals surface area contributed by atoms with Crippen LogP contribution in [0.3, 0.4) is 0 Å². The Balaban J connectivity index is 1.90. The highest BCUT2D eigenvalue weighted by atomic mass is 16.4. The van der Waals surface area contributed by atoms with Crippen molar-refractivity contribution in [1.82, 2.24) is 15.5 Å². The van der Waals surface area contributed by atoms with Crippen LogP contribution in [-0.4, -0.2) is 47.5 Å². The molecular formula is C14H17N3O4. The Morgan fingerprint density at radius 3 is 2.90 bits per heavy atom. The van der Waals surface area contributed by atoms with Crippen molar-refractivity contribution < 1.29 is 19.5 Å². The fraction of sp³-hybridized carbons (Fsp3) is 0.357. The van der Waals surface area contributed by atoms with Crippen molar-refractivity contribution in [3.05, 3.63) is 35.4 Å². The minimum atomic E-state index is -1.000. The van der Waals surface area contributed by atoms with E-state index in [0.29, 0.717) is 31.6 Å². The molecule has 3 amide bonds. The lowest BCUT2D eigenvalue weighted by Gasteiger charge is -2.20. The van der Waals surface area contributed by atoms with Crippen LogP contribution in [0.25, 0.3) is 0 Å². The van der Waals surface area contributed by atoms with Crippen molar-refractivity contribution >= 4 is 17.9 Å². The van der Waals surface area contributed by atoms with Crippen molar-refractivity contribution in [3.8, 4) is 0 Å². The summed E-state index contributed by atoms with van der Waals surface area (Å²) in [6, 6.07) is 6.16. The van der Waals surface area contributed by atoms with E-state index >= 15 is 0 Å². The number of carbonyl (C=O) groups is 3. The Labute approximate surface area is 121 Å². The van der Waals surface area contributed by atoms with E-state index in [9.17, 15) is 14.4 Å². The Bertz CT molecular complexity index is 559. The average molecular weight is 291 g/mol. The predicted molar refractivity (Wildman–Crippen MR) is 74.8 cm³/mol. The summed E-state index contributed by atoms with van der Waals surface area (Å²) in [6.07, 6.45) is 0.294. The number of carbonyl (C=O) groups excluding carboxylic acids is 2. The molecule has 1 aliphatic rings. The zero-order chi connectivity index (χ0) is 15.2. The van der Waals surface area contributed by atoms with Crippen LogP contribution in [0.4, 0.5) is 4.79 Å². The fourth-order valence-corrected chi connectivity index (χ4v) is 2.07. The van der Waals surface area contributed by atoms with Crippen LogP contribution in [0.15, 0.2) is 24.3 Å². The molecule has 1 heterocycles. The van der Waals surface area contributed by atoms with Gasteiger partial charge in [0.2, 0.25) is 5.91 Å². The zero-order valence-electron chi connectivity index (χ0n) is 11.5. The number of rotatable bonds is 3. The molecule has 0 aliphatic carbocycles. The van der Waals surface area contributed by atoms with E-state index < -0.39 is 5.97 Å². The Morgan fingerprint density at radius 1 is 1.33 bits per heavy atom. The normalized spacial score (nSPS) is 15.0. The Hall–Kier alpha value is -2.57. The number of amides is 3. The quantitative estimate of drug-likeness (QED) is 0.751. The topological polar surface area (TPSA) is 98.7 Å². The summed E-state index contributed by atoms with van der Waals surface area (Å²) < 4.78 is 0. The first-order valence-corrected chi connectivity index (χ1v) is 6.68. The van der Waals surface area contributed by atoms with Crippen LogP contribution >= 0.6 is 0 Å². The van der Waals surface area contributed by atoms with Crippen LogP contribution in [0.1, 0.15) is 22.3 Å². The van der Waals surface area contributed by atoms with Gasteiger partial charge in [-0.05, 0) is 17.7 Å². The summed E-state index contributed by atoms with van der Waals surface area (Å²) in [5.41, 5.74) is 0.901. The number of aromatic carboxylic acids is 1. The summed E-state index contributed by atoms with van der Waals surface area (Å²) in [6.45, 7) is 1.54. The van der Waals surface area contributed by atoms with E-state index in [1.165, 1.54) is 12.1 Å². The number of nitrogens with zero attached hydrogens (tertiary/aromatic N) is 1. The van der Waals surface area contributed by atoms with Gasteiger partial charge in [0, 0.05) is 32.6 Å². The molecule has 1 aromatic carbocycles. The summed E-state index contributed by atoms with van der Waals surface area (Å²) in [7, 11) is 0. The SMILES string of the molecule is O=C1CCN(C(=O)NCc2cccc(C(=O)O)c2)CCN1. The zero-order valence-corrected chi connectivity index (χ0v) is 11.5. The minimum Gasteiger partial charge on any atom is -0.478 e. The van der Waals surface area contributed by atoms with E-state index in [0.717, 1.165) is 0 Å². The molecule has 1 aliphatic heterocycles. The number of hydrogen-bond donors (Lipinski definition) is 3. The van der Waals surface area contributed by atoms with Gasteiger partial charge in [0.15, 0.2) is 0 Å². The maximum atomic E-state index is 12.0. The first-order valence-electron chi connectivity index (χ1n) is 6.68. The van der Waals surface area contributed by atoms with Crippen molar-refractivity contribution in [2.45, 2.75) is 13.0 Å². The predicted octanol–water partition coefficient (Wildman–Crippen LogP) is 0.416. The number of hydrogen-bond acceptors (Lipinski definition) is 3. The van der Waals surface area contributed by atoms with E-state index in [-0.39, 0.29) is 24.0 Å². The van der Waals surface area contributed by atoms with E-state index in [2.05, 4.69) is 10.6 Å². The maximum absolute atomic E-state index is 12.0. The lowest BCUT2D eigenvalue weighted by Crippen LogP contribution is -2.41. The van der Waals surface area contributed by atoms with E-state index in [1.807, 2.05) is 0 Å². The van der Waals surface area contributed by atoms with Crippen LogP contribution in [0.5, 0.6) is 0 Å². The first-order chi connectivity index (χ1) is 10.1. The Kier molecular flexibility index (Phi) is 4.76. The molecule has 0 radical (unpaired) electrons. The number of carboxylic acids is 1. The second-order valence-electron chi connectivity index (χ2n) is 4.75. The monoisotopic (exact) mass is 291 g/mol. The molecule has 1 fully saturated rings. The highest BCUT2D eigenvalue weighted by Gasteiger charge is 2.17. The summed E-state index contributed by atoms with van der Waals surface area (Å²) in [5.74, 6) is -1.06. The standard InChI is InChI=1S/C14H17N3O4/c18-12-4-6-17(7-5-15-12)14(21)16-9-10-2-1-3-11(8-10)13(19)20/h1-3,8H,4-7,9H2,(H,15,18)(H,16,21)(H,19,20). The van der Waals surface area contributed by atoms with Gasteiger partial charge in [-0.2, -0.15) is 0 Å². The van der Waals surface area contributed by atoms with Crippen molar-refractivity contribution in [3.63, 3.8) is 0 Å². The van der Waals surface area contributed by atoms with Crippen LogP contribution in [0.2, 0.25) is 0 Å². The van der Waals surface area contributed by atoms with Gasteiger partial charge in [-0.1, -0.05) is 12.1 Å². The molecule has 0 atom stereocenters. The smallest absolute Gasteiger partial charge is 0.335 e. The van der Waals surface area contributed by atoms with Crippen molar-refractivity contribution in [2.75, 3.05) is 19.6 Å². The summed E-state index contributed by atoms with van der Waals surface area (Å²) >= 11 is 0. The van der Waals surface area contributed by atoms with Gasteiger partial charge in [-0.25, -0.2) is 9.59 Å². The van der Waals surface area contributed by atoms with Gasteiger partial charge < -0.3 is 20.6 Å². The molecule has 112 valence electrons. The van der Waals surface area contributed by atoms with Crippen LogP contribution < -0.4 is 10.6 Å². The third-order valence-corrected chi connectivity index (χ3v) is 3.22. The third-order valence-electron chi connectivity index (χ3n) is 3.22. The number of urea groups is 1. The highest BCUT2D eigenvalue weighted by molar-refractivity contribution is 5.87. The summed E-state index contributed by atoms with van der Waals surface area (Å²) in [4.78, 5) is 35.7. The molecule has 2 rings (SSSR count). The van der Waals surface area contributed by atoms with Gasteiger partial charge >= 0.3 is 12.0 Å². The van der Waals surface area contributed by atoms with Gasteiger partial charge in [-0.3, -0.25) is 4.79 Å². The van der Waals surface area contributed by atoms with Crippen molar-refractivity contribution in [1.29, 1.82) is 0 Å². The lowest BCUT2D eigenvalue weighted by atomic mass is 10.1. The molecule has 0 aromatic heterocycles. The lowest BCUT2D eigenvalue weighted by molar-refractivity contribution is -0.120. The molecule has 21 heavy (non-hydrogen) atoms. The second kappa shape index (κ2) is 6.74. The van der Waals surface area contributed by atoms with E-state index in [1.54, 1.807) is 17.0 Å². The van der Waals surface area contributed by atoms with Gasteiger partial charge in [0.25, 0.3) is 0 Å². The Morgan fingerprint density at radius 2 is 2.14 bits per heavy atom. The van der Waals surface area contributed by atoms with Crippen molar-refractivity contribution in [2.24, 2.45) is 0 Å². The van der Waals surface area contributed by atoms with Gasteiger partial charge in [0.05, 0.1) is 5.56 Å². The highest BCUT2D eigenvalue weighted by Crippen LogP contribution is 2.05. The fourth-order valence-electron chi connectivity index (χ4n) is 2.07. The molecule has 1 saturated heterocycles. The van der Waals surface area contributed by atoms with Gasteiger partial charge in [-0.15, -0.1) is 0 Å². The molecule has 0 spiro atoms. The average Bonchev–Trinajstić information content (AvgIpc) is 2.70. The maximum Gasteiger partial charge on any atom is 0.335 e. The molecule has 0 unspecified atom stereocenters. The first kappa shape index (κ1) is 14.8. The number of benzene rings is 1. The molecule has 7 nitrogen and oxygen atoms in total. The molecular weight excluding hydrogens is 274 g/mol. The number of carboxylic acid groups (broad SMARTS) is 1. The summed E-state index contributed by atoms with van der Waals surface area (Å²) in [5, 5.41) is 14.3. The van der Waals surface area contributed by atoms with Crippen LogP contribution in [-0.2, 0) is 11.3 Å². The second-order valence-corrected chi connectivity index (χ2v) is 4.75. The van der Waals surface area contributed by atoms with Gasteiger partial charge in [0.1, 0.15) is 0 Å².